The van der Waals surface area contributed by atoms with Crippen LogP contribution in [0.4, 0.5) is 0 Å². The molecule has 2 N–H and O–H groups in total. The van der Waals surface area contributed by atoms with E-state index < -0.39 is 11.5 Å². The Hall–Kier alpha value is -0.630. The van der Waals surface area contributed by atoms with Crippen LogP contribution in [0.1, 0.15) is 6.92 Å². The monoisotopic (exact) mass is 309 g/mol. The van der Waals surface area contributed by atoms with Gasteiger partial charge >= 0.3 is 5.97 Å². The van der Waals surface area contributed by atoms with Gasteiger partial charge in [-0.05, 0) is 29.5 Å². The van der Waals surface area contributed by atoms with E-state index >= 15 is 0 Å². The first-order valence-electron chi connectivity index (χ1n) is 4.01. The van der Waals surface area contributed by atoms with Crippen LogP contribution >= 0.6 is 22.6 Å². The number of nitrogens with zero attached hydrogens (tertiary/aromatic N) is 2. The molecule has 0 saturated heterocycles. The molecule has 0 aromatic carbocycles. The van der Waals surface area contributed by atoms with Crippen LogP contribution in [0.25, 0.3) is 0 Å². The van der Waals surface area contributed by atoms with Gasteiger partial charge in [0.25, 0.3) is 0 Å². The third-order valence-electron chi connectivity index (χ3n) is 1.74. The second kappa shape index (κ2) is 4.26. The van der Waals surface area contributed by atoms with Gasteiger partial charge in [0.2, 0.25) is 0 Å². The summed E-state index contributed by atoms with van der Waals surface area (Å²) in [7, 11) is 1.32. The van der Waals surface area contributed by atoms with Gasteiger partial charge in [-0.3, -0.25) is 9.48 Å². The van der Waals surface area contributed by atoms with Gasteiger partial charge in [0.15, 0.2) is 0 Å². The fraction of sp³-hybridized carbons (Fsp3) is 0.500. The molecule has 78 valence electrons. The Kier molecular flexibility index (Phi) is 3.48. The largest absolute Gasteiger partial charge is 0.468 e. The standard InChI is InChI=1S/C8H12IN3O2/c1-8(10,7(13)14-2)5-12-4-6(9)3-11-12/h3-4H,5,10H2,1-2H3. The molecule has 0 aliphatic heterocycles. The average molecular weight is 309 g/mol. The van der Waals surface area contributed by atoms with Crippen LogP contribution < -0.4 is 5.73 Å². The Morgan fingerprint density at radius 3 is 2.93 bits per heavy atom. The molecule has 1 unspecified atom stereocenters. The second-order valence-corrected chi connectivity index (χ2v) is 4.51. The van der Waals surface area contributed by atoms with Crippen LogP contribution in [-0.2, 0) is 16.1 Å². The molecule has 1 aromatic heterocycles. The smallest absolute Gasteiger partial charge is 0.327 e. The van der Waals surface area contributed by atoms with E-state index in [-0.39, 0.29) is 0 Å². The van der Waals surface area contributed by atoms with E-state index in [1.165, 1.54) is 7.11 Å². The third-order valence-corrected chi connectivity index (χ3v) is 2.30. The van der Waals surface area contributed by atoms with Crippen molar-refractivity contribution in [3.05, 3.63) is 16.0 Å². The Balaban J connectivity index is 2.72. The summed E-state index contributed by atoms with van der Waals surface area (Å²) in [5.74, 6) is -0.442. The highest BCUT2D eigenvalue weighted by atomic mass is 127. The van der Waals surface area contributed by atoms with Crippen LogP contribution in [0, 0.1) is 3.57 Å². The summed E-state index contributed by atoms with van der Waals surface area (Å²) >= 11 is 2.14. The maximum Gasteiger partial charge on any atom is 0.327 e. The highest BCUT2D eigenvalue weighted by Gasteiger charge is 2.30. The number of methoxy groups -OCH3 is 1. The van der Waals surface area contributed by atoms with Crippen molar-refractivity contribution < 1.29 is 9.53 Å². The molecule has 0 aliphatic carbocycles. The summed E-state index contributed by atoms with van der Waals surface area (Å²) in [5.41, 5.74) is 4.74. The Morgan fingerprint density at radius 2 is 2.50 bits per heavy atom. The molecule has 0 saturated carbocycles. The number of aromatic nitrogens is 2. The predicted molar refractivity (Wildman–Crippen MR) is 59.6 cm³/mol. The van der Waals surface area contributed by atoms with Crippen LogP contribution in [0.15, 0.2) is 12.4 Å². The van der Waals surface area contributed by atoms with Gasteiger partial charge in [0.05, 0.1) is 23.4 Å². The first kappa shape index (κ1) is 11.4. The number of carbonyl (C=O) groups excluding carboxylic acids is 1. The second-order valence-electron chi connectivity index (χ2n) is 3.27. The normalized spacial score (nSPS) is 14.9. The zero-order valence-electron chi connectivity index (χ0n) is 8.03. The molecule has 1 aromatic rings. The fourth-order valence-corrected chi connectivity index (χ4v) is 1.51. The quantitative estimate of drug-likeness (QED) is 0.647. The zero-order valence-corrected chi connectivity index (χ0v) is 10.2. The molecular formula is C8H12IN3O2. The predicted octanol–water partition coefficient (Wildman–Crippen LogP) is 0.378. The topological polar surface area (TPSA) is 70.1 Å². The van der Waals surface area contributed by atoms with Crippen molar-refractivity contribution in [3.63, 3.8) is 0 Å². The van der Waals surface area contributed by atoms with Crippen molar-refractivity contribution in [2.45, 2.75) is 19.0 Å². The zero-order chi connectivity index (χ0) is 10.8. The maximum atomic E-state index is 11.3. The van der Waals surface area contributed by atoms with Crippen molar-refractivity contribution in [2.24, 2.45) is 5.73 Å². The molecule has 1 atom stereocenters. The molecule has 0 aliphatic rings. The maximum absolute atomic E-state index is 11.3. The first-order chi connectivity index (χ1) is 6.45. The lowest BCUT2D eigenvalue weighted by Crippen LogP contribution is -2.49. The summed E-state index contributed by atoms with van der Waals surface area (Å²) < 4.78 is 7.21. The van der Waals surface area contributed by atoms with E-state index in [2.05, 4.69) is 32.4 Å². The van der Waals surface area contributed by atoms with E-state index in [4.69, 9.17) is 5.73 Å². The van der Waals surface area contributed by atoms with Gasteiger partial charge in [-0.1, -0.05) is 0 Å². The van der Waals surface area contributed by atoms with Gasteiger partial charge in [-0.2, -0.15) is 5.10 Å². The lowest BCUT2D eigenvalue weighted by molar-refractivity contribution is -0.147. The number of esters is 1. The van der Waals surface area contributed by atoms with Gasteiger partial charge in [-0.25, -0.2) is 0 Å². The molecule has 6 heteroatoms. The number of rotatable bonds is 3. The minimum absolute atomic E-state index is 0.308. The van der Waals surface area contributed by atoms with Crippen molar-refractivity contribution in [1.29, 1.82) is 0 Å². The molecule has 0 fully saturated rings. The molecular weight excluding hydrogens is 297 g/mol. The average Bonchev–Trinajstić information content (AvgIpc) is 2.48. The number of ether oxygens (including phenoxy) is 1. The molecule has 1 heterocycles. The number of hydrogen-bond acceptors (Lipinski definition) is 4. The van der Waals surface area contributed by atoms with E-state index in [9.17, 15) is 4.79 Å². The van der Waals surface area contributed by atoms with Gasteiger partial charge < -0.3 is 10.5 Å². The first-order valence-corrected chi connectivity index (χ1v) is 5.09. The van der Waals surface area contributed by atoms with Crippen molar-refractivity contribution in [2.75, 3.05) is 7.11 Å². The number of halogens is 1. The Labute approximate surface area is 95.7 Å². The van der Waals surface area contributed by atoms with Crippen molar-refractivity contribution >= 4 is 28.6 Å². The van der Waals surface area contributed by atoms with Crippen LogP contribution in [0.5, 0.6) is 0 Å². The highest BCUT2D eigenvalue weighted by Crippen LogP contribution is 2.08. The van der Waals surface area contributed by atoms with Crippen LogP contribution in [0.3, 0.4) is 0 Å². The summed E-state index contributed by atoms with van der Waals surface area (Å²) in [6.07, 6.45) is 3.52. The molecule has 14 heavy (non-hydrogen) atoms. The number of carbonyl (C=O) groups is 1. The van der Waals surface area contributed by atoms with Gasteiger partial charge in [0.1, 0.15) is 5.54 Å². The fourth-order valence-electron chi connectivity index (χ4n) is 1.06. The third kappa shape index (κ3) is 2.68. The highest BCUT2D eigenvalue weighted by molar-refractivity contribution is 14.1. The van der Waals surface area contributed by atoms with Crippen molar-refractivity contribution in [3.8, 4) is 0 Å². The van der Waals surface area contributed by atoms with Gasteiger partial charge in [-0.15, -0.1) is 0 Å². The summed E-state index contributed by atoms with van der Waals surface area (Å²) in [4.78, 5) is 11.3. The van der Waals surface area contributed by atoms with E-state index in [0.717, 1.165) is 3.57 Å². The molecule has 1 rings (SSSR count). The Bertz CT molecular complexity index is 335. The van der Waals surface area contributed by atoms with Crippen LogP contribution in [0.2, 0.25) is 0 Å². The van der Waals surface area contributed by atoms with Gasteiger partial charge in [0, 0.05) is 6.20 Å². The minimum Gasteiger partial charge on any atom is -0.468 e. The minimum atomic E-state index is -1.04. The summed E-state index contributed by atoms with van der Waals surface area (Å²) in [6, 6.07) is 0. The summed E-state index contributed by atoms with van der Waals surface area (Å²) in [6.45, 7) is 1.93. The lowest BCUT2D eigenvalue weighted by atomic mass is 10.1. The lowest BCUT2D eigenvalue weighted by Gasteiger charge is -2.20. The van der Waals surface area contributed by atoms with E-state index in [1.54, 1.807) is 17.8 Å². The SMILES string of the molecule is COC(=O)C(C)(N)Cn1cc(I)cn1. The molecule has 0 amide bonds. The van der Waals surface area contributed by atoms with Crippen LogP contribution in [-0.4, -0.2) is 28.4 Å². The summed E-state index contributed by atoms with van der Waals surface area (Å²) in [5, 5.41) is 4.04. The molecule has 0 spiro atoms. The molecule has 0 bridgehead atoms. The molecule has 5 nitrogen and oxygen atoms in total. The molecule has 0 radical (unpaired) electrons. The van der Waals surface area contributed by atoms with Crippen molar-refractivity contribution in [1.82, 2.24) is 9.78 Å². The number of nitrogens with two attached hydrogens (primary N) is 1. The van der Waals surface area contributed by atoms with E-state index in [0.29, 0.717) is 6.54 Å². The van der Waals surface area contributed by atoms with E-state index in [1.807, 2.05) is 6.20 Å². The number of hydrogen-bond donors (Lipinski definition) is 1. The Morgan fingerprint density at radius 1 is 1.86 bits per heavy atom.